The van der Waals surface area contributed by atoms with Crippen molar-refractivity contribution >= 4 is 51.3 Å². The Morgan fingerprint density at radius 1 is 1.17 bits per heavy atom. The minimum absolute atomic E-state index is 0.00513. The minimum Gasteiger partial charge on any atom is -0.481 e. The van der Waals surface area contributed by atoms with Crippen molar-refractivity contribution in [2.75, 3.05) is 17.7 Å². The zero-order valence-electron chi connectivity index (χ0n) is 15.5. The number of Topliss-reactive ketones (excluding diaryl/α,β-unsaturated/α-hetero) is 1. The molecule has 7 nitrogen and oxygen atoms in total. The summed E-state index contributed by atoms with van der Waals surface area (Å²) in [5.74, 6) is -0.447. The minimum atomic E-state index is -0.536. The number of anilines is 1. The summed E-state index contributed by atoms with van der Waals surface area (Å²) in [6.07, 6.45) is 0.278. The number of benzene rings is 2. The standard InChI is InChI=1S/C20H15FN4O3S2/c21-14-6-2-4-8-17(14)28-10-18(27)23-19-24-25-20(30-19)29-11-12-9-16(26)13-5-1-3-7-15(13)22-12/h1-8H,9-11H2,(H,23,24,27). The Bertz CT molecular complexity index is 1130. The number of rotatable bonds is 7. The fraction of sp³-hybridized carbons (Fsp3) is 0.150. The van der Waals surface area contributed by atoms with Crippen LogP contribution >= 0.6 is 23.1 Å². The van der Waals surface area contributed by atoms with E-state index in [-0.39, 0.29) is 24.6 Å². The maximum atomic E-state index is 13.5. The molecule has 0 unspecified atom stereocenters. The predicted octanol–water partition coefficient (Wildman–Crippen LogP) is 4.15. The quantitative estimate of drug-likeness (QED) is 0.437. The molecule has 1 aromatic heterocycles. The maximum absolute atomic E-state index is 13.5. The molecule has 10 heteroatoms. The number of halogens is 1. The first-order valence-electron chi connectivity index (χ1n) is 8.90. The van der Waals surface area contributed by atoms with Crippen molar-refractivity contribution in [3.8, 4) is 5.75 Å². The number of carbonyl (C=O) groups excluding carboxylic acids is 2. The van der Waals surface area contributed by atoms with Gasteiger partial charge in [-0.2, -0.15) is 0 Å². The van der Waals surface area contributed by atoms with E-state index in [2.05, 4.69) is 20.5 Å². The number of aromatic nitrogens is 2. The molecule has 30 heavy (non-hydrogen) atoms. The van der Waals surface area contributed by atoms with Crippen LogP contribution in [0.15, 0.2) is 57.9 Å². The van der Waals surface area contributed by atoms with Gasteiger partial charge in [-0.15, -0.1) is 10.2 Å². The van der Waals surface area contributed by atoms with Crippen molar-refractivity contribution in [1.82, 2.24) is 10.2 Å². The number of hydrogen-bond acceptors (Lipinski definition) is 8. The van der Waals surface area contributed by atoms with E-state index < -0.39 is 11.7 Å². The van der Waals surface area contributed by atoms with Gasteiger partial charge < -0.3 is 4.74 Å². The van der Waals surface area contributed by atoms with Crippen LogP contribution in [0.4, 0.5) is 15.2 Å². The van der Waals surface area contributed by atoms with Crippen molar-refractivity contribution in [3.63, 3.8) is 0 Å². The summed E-state index contributed by atoms with van der Waals surface area (Å²) in [5, 5.41) is 10.8. The summed E-state index contributed by atoms with van der Waals surface area (Å²) in [4.78, 5) is 28.7. The zero-order chi connectivity index (χ0) is 20.9. The summed E-state index contributed by atoms with van der Waals surface area (Å²) in [7, 11) is 0. The first-order chi connectivity index (χ1) is 14.6. The van der Waals surface area contributed by atoms with Crippen LogP contribution in [0.1, 0.15) is 16.8 Å². The van der Waals surface area contributed by atoms with E-state index in [1.807, 2.05) is 18.2 Å². The number of aliphatic imine (C=N–C) groups is 1. The third kappa shape index (κ3) is 4.89. The van der Waals surface area contributed by atoms with Gasteiger partial charge in [0.15, 0.2) is 28.3 Å². The van der Waals surface area contributed by atoms with Crippen LogP contribution in [-0.2, 0) is 4.79 Å². The molecule has 2 heterocycles. The number of amides is 1. The molecule has 1 N–H and O–H groups in total. The van der Waals surface area contributed by atoms with E-state index in [0.717, 1.165) is 5.71 Å². The summed E-state index contributed by atoms with van der Waals surface area (Å²) in [6.45, 7) is -0.346. The molecule has 0 aliphatic carbocycles. The lowest BCUT2D eigenvalue weighted by atomic mass is 10.0. The van der Waals surface area contributed by atoms with Crippen LogP contribution < -0.4 is 10.1 Å². The van der Waals surface area contributed by atoms with Gasteiger partial charge in [0.05, 0.1) is 12.1 Å². The number of nitrogens with zero attached hydrogens (tertiary/aromatic N) is 3. The molecule has 1 aliphatic heterocycles. The molecule has 0 atom stereocenters. The smallest absolute Gasteiger partial charge is 0.264 e. The number of para-hydroxylation sites is 2. The van der Waals surface area contributed by atoms with E-state index >= 15 is 0 Å². The molecule has 3 aromatic rings. The lowest BCUT2D eigenvalue weighted by Crippen LogP contribution is -2.20. The summed E-state index contributed by atoms with van der Waals surface area (Å²) < 4.78 is 19.3. The normalized spacial score (nSPS) is 12.8. The summed E-state index contributed by atoms with van der Waals surface area (Å²) >= 11 is 2.59. The number of fused-ring (bicyclic) bond motifs is 1. The molecule has 0 saturated carbocycles. The number of thioether (sulfide) groups is 1. The second-order valence-corrected chi connectivity index (χ2v) is 8.42. The van der Waals surface area contributed by atoms with E-state index in [4.69, 9.17) is 4.74 Å². The molecule has 4 rings (SSSR count). The topological polar surface area (TPSA) is 93.5 Å². The highest BCUT2D eigenvalue weighted by atomic mass is 32.2. The van der Waals surface area contributed by atoms with Crippen molar-refractivity contribution < 1.29 is 18.7 Å². The molecular weight excluding hydrogens is 427 g/mol. The Morgan fingerprint density at radius 2 is 1.97 bits per heavy atom. The first-order valence-corrected chi connectivity index (χ1v) is 10.7. The molecular formula is C20H15FN4O3S2. The lowest BCUT2D eigenvalue weighted by Gasteiger charge is -2.13. The van der Waals surface area contributed by atoms with Crippen LogP contribution in [0, 0.1) is 5.82 Å². The third-order valence-corrected chi connectivity index (χ3v) is 6.10. The van der Waals surface area contributed by atoms with Gasteiger partial charge in [0.2, 0.25) is 5.13 Å². The second kappa shape index (κ2) is 9.14. The molecule has 0 fully saturated rings. The summed E-state index contributed by atoms with van der Waals surface area (Å²) in [6, 6.07) is 13.1. The fourth-order valence-corrected chi connectivity index (χ4v) is 4.40. The highest BCUT2D eigenvalue weighted by Gasteiger charge is 2.20. The Labute approximate surface area is 179 Å². The van der Waals surface area contributed by atoms with Gasteiger partial charge in [0.25, 0.3) is 5.91 Å². The average Bonchev–Trinajstić information content (AvgIpc) is 3.19. The van der Waals surface area contributed by atoms with Crippen molar-refractivity contribution in [3.05, 3.63) is 59.9 Å². The molecule has 0 spiro atoms. The van der Waals surface area contributed by atoms with Gasteiger partial charge in [-0.1, -0.05) is 47.4 Å². The Balaban J connectivity index is 1.29. The average molecular weight is 442 g/mol. The number of hydrogen-bond donors (Lipinski definition) is 1. The van der Waals surface area contributed by atoms with Crippen LogP contribution in [-0.4, -0.2) is 40.0 Å². The van der Waals surface area contributed by atoms with Gasteiger partial charge in [-0.05, 0) is 24.3 Å². The highest BCUT2D eigenvalue weighted by molar-refractivity contribution is 8.01. The van der Waals surface area contributed by atoms with Gasteiger partial charge in [0.1, 0.15) is 0 Å². The Morgan fingerprint density at radius 3 is 2.83 bits per heavy atom. The SMILES string of the molecule is O=C(COc1ccccc1F)Nc1nnc(SCC2=Nc3ccccc3C(=O)C2)s1. The van der Waals surface area contributed by atoms with Gasteiger partial charge in [0, 0.05) is 17.0 Å². The van der Waals surface area contributed by atoms with Crippen LogP contribution in [0.3, 0.4) is 0 Å². The van der Waals surface area contributed by atoms with Crippen LogP contribution in [0.25, 0.3) is 0 Å². The third-order valence-electron chi connectivity index (χ3n) is 4.06. The summed E-state index contributed by atoms with van der Waals surface area (Å²) in [5.41, 5.74) is 2.09. The van der Waals surface area contributed by atoms with E-state index in [0.29, 0.717) is 26.5 Å². The Hall–Kier alpha value is -3.11. The van der Waals surface area contributed by atoms with E-state index in [1.165, 1.54) is 41.3 Å². The van der Waals surface area contributed by atoms with Crippen LogP contribution in [0.2, 0.25) is 0 Å². The van der Waals surface area contributed by atoms with Crippen molar-refractivity contribution in [2.45, 2.75) is 10.8 Å². The monoisotopic (exact) mass is 442 g/mol. The molecule has 1 amide bonds. The molecule has 2 aromatic carbocycles. The van der Waals surface area contributed by atoms with Gasteiger partial charge >= 0.3 is 0 Å². The molecule has 0 bridgehead atoms. The van der Waals surface area contributed by atoms with Crippen LogP contribution in [0.5, 0.6) is 5.75 Å². The van der Waals surface area contributed by atoms with E-state index in [9.17, 15) is 14.0 Å². The van der Waals surface area contributed by atoms with Gasteiger partial charge in [-0.25, -0.2) is 4.39 Å². The predicted molar refractivity (Wildman–Crippen MR) is 114 cm³/mol. The highest BCUT2D eigenvalue weighted by Crippen LogP contribution is 2.30. The molecule has 0 saturated heterocycles. The first kappa shape index (κ1) is 20.2. The van der Waals surface area contributed by atoms with E-state index in [1.54, 1.807) is 12.1 Å². The maximum Gasteiger partial charge on any atom is 0.264 e. The van der Waals surface area contributed by atoms with Gasteiger partial charge in [-0.3, -0.25) is 19.9 Å². The molecule has 0 radical (unpaired) electrons. The van der Waals surface area contributed by atoms with Crippen molar-refractivity contribution in [1.29, 1.82) is 0 Å². The number of ether oxygens (including phenoxy) is 1. The molecule has 152 valence electrons. The lowest BCUT2D eigenvalue weighted by molar-refractivity contribution is -0.118. The zero-order valence-corrected chi connectivity index (χ0v) is 17.1. The Kier molecular flexibility index (Phi) is 6.15. The number of carbonyl (C=O) groups is 2. The van der Waals surface area contributed by atoms with Crippen molar-refractivity contribution in [2.24, 2.45) is 4.99 Å². The fourth-order valence-electron chi connectivity index (χ4n) is 2.70. The molecule has 1 aliphatic rings. The second-order valence-electron chi connectivity index (χ2n) is 6.22. The number of ketones is 1. The number of nitrogens with one attached hydrogen (secondary N) is 1. The largest absolute Gasteiger partial charge is 0.481 e.